The monoisotopic (exact) mass is 364 g/mol. The number of aryl methyl sites for hydroxylation is 2. The molecule has 0 spiro atoms. The highest BCUT2D eigenvalue weighted by atomic mass is 32.1. The molecular weight excluding hydrogens is 352 g/mol. The molecule has 112 valence electrons. The topological polar surface area (TPSA) is 18.5 Å². The summed E-state index contributed by atoms with van der Waals surface area (Å²) in [6, 6.07) is 4.61. The van der Waals surface area contributed by atoms with Crippen LogP contribution in [0.2, 0.25) is 0 Å². The number of hydrogen-bond donors (Lipinski definition) is 0. The molecule has 0 aliphatic carbocycles. The van der Waals surface area contributed by atoms with Gasteiger partial charge in [-0.1, -0.05) is 0 Å². The van der Waals surface area contributed by atoms with Gasteiger partial charge in [0.1, 0.15) is 13.2 Å². The third-order valence-corrected chi connectivity index (χ3v) is 8.67. The molecule has 4 aromatic rings. The van der Waals surface area contributed by atoms with Gasteiger partial charge in [-0.15, -0.1) is 45.3 Å². The highest BCUT2D eigenvalue weighted by Crippen LogP contribution is 2.53. The average Bonchev–Trinajstić information content (AvgIpc) is 3.20. The first-order chi connectivity index (χ1) is 10.7. The van der Waals surface area contributed by atoms with E-state index in [1.54, 1.807) is 11.3 Å². The normalized spacial score (nSPS) is 14.3. The van der Waals surface area contributed by atoms with Crippen LogP contribution in [0.25, 0.3) is 28.6 Å². The van der Waals surface area contributed by atoms with Crippen molar-refractivity contribution >= 4 is 64.1 Å². The number of hydrogen-bond acceptors (Lipinski definition) is 6. The van der Waals surface area contributed by atoms with Gasteiger partial charge in [0.05, 0.1) is 19.2 Å². The zero-order valence-electron chi connectivity index (χ0n) is 12.0. The van der Waals surface area contributed by atoms with Crippen molar-refractivity contribution in [2.45, 2.75) is 13.8 Å². The zero-order valence-corrected chi connectivity index (χ0v) is 15.3. The quantitative estimate of drug-likeness (QED) is 0.395. The Morgan fingerprint density at radius 1 is 0.818 bits per heavy atom. The number of fused-ring (bicyclic) bond motifs is 4. The first-order valence-corrected chi connectivity index (χ1v) is 10.3. The van der Waals surface area contributed by atoms with Crippen LogP contribution in [-0.2, 0) is 0 Å². The minimum Gasteiger partial charge on any atom is -0.485 e. The second kappa shape index (κ2) is 4.71. The summed E-state index contributed by atoms with van der Waals surface area (Å²) in [4.78, 5) is 5.12. The van der Waals surface area contributed by atoms with Gasteiger partial charge in [0, 0.05) is 19.2 Å². The maximum absolute atomic E-state index is 5.89. The summed E-state index contributed by atoms with van der Waals surface area (Å²) in [5, 5.41) is 0. The van der Waals surface area contributed by atoms with Crippen molar-refractivity contribution < 1.29 is 9.47 Å². The predicted octanol–water partition coefficient (Wildman–Crippen LogP) is 6.29. The van der Waals surface area contributed by atoms with E-state index in [9.17, 15) is 0 Å². The first kappa shape index (κ1) is 13.4. The lowest BCUT2D eigenvalue weighted by Gasteiger charge is -2.16. The fourth-order valence-corrected chi connectivity index (χ4v) is 7.90. The Kier molecular flexibility index (Phi) is 2.86. The lowest BCUT2D eigenvalue weighted by Crippen LogP contribution is -2.14. The molecule has 0 aromatic carbocycles. The molecule has 5 rings (SSSR count). The molecule has 0 atom stereocenters. The van der Waals surface area contributed by atoms with Crippen LogP contribution in [0.5, 0.6) is 11.5 Å². The van der Waals surface area contributed by atoms with Crippen LogP contribution in [0.1, 0.15) is 9.75 Å². The van der Waals surface area contributed by atoms with Gasteiger partial charge >= 0.3 is 0 Å². The van der Waals surface area contributed by atoms with Crippen molar-refractivity contribution in [1.82, 2.24) is 0 Å². The summed E-state index contributed by atoms with van der Waals surface area (Å²) in [6.07, 6.45) is 0. The molecule has 1 aliphatic rings. The van der Waals surface area contributed by atoms with Crippen molar-refractivity contribution in [2.75, 3.05) is 13.2 Å². The average molecular weight is 365 g/mol. The molecule has 0 saturated carbocycles. The van der Waals surface area contributed by atoms with Gasteiger partial charge in [-0.05, 0) is 26.0 Å². The Morgan fingerprint density at radius 2 is 1.55 bits per heavy atom. The fourth-order valence-electron chi connectivity index (χ4n) is 2.82. The Bertz CT molecular complexity index is 1010. The van der Waals surface area contributed by atoms with E-state index in [1.807, 2.05) is 34.0 Å². The smallest absolute Gasteiger partial charge is 0.181 e. The van der Waals surface area contributed by atoms with E-state index in [2.05, 4.69) is 26.0 Å². The van der Waals surface area contributed by atoms with E-state index >= 15 is 0 Å². The van der Waals surface area contributed by atoms with Crippen LogP contribution < -0.4 is 9.47 Å². The standard InChI is InChI=1S/C16H12O2S4/c1-7-5-9-15(19-7)16-11(21-9)6-10(22-16)14-13-12(8(2)20-14)17-3-4-18-13/h5-6H,3-4H2,1-2H3. The molecule has 0 fully saturated rings. The van der Waals surface area contributed by atoms with Gasteiger partial charge in [0.2, 0.25) is 0 Å². The summed E-state index contributed by atoms with van der Waals surface area (Å²) in [7, 11) is 0. The van der Waals surface area contributed by atoms with Crippen LogP contribution >= 0.6 is 45.3 Å². The molecule has 0 amide bonds. The van der Waals surface area contributed by atoms with Gasteiger partial charge in [0.15, 0.2) is 11.5 Å². The zero-order chi connectivity index (χ0) is 14.8. The molecule has 22 heavy (non-hydrogen) atoms. The highest BCUT2D eigenvalue weighted by Gasteiger charge is 2.25. The fraction of sp³-hybridized carbons (Fsp3) is 0.250. The Balaban J connectivity index is 1.73. The summed E-state index contributed by atoms with van der Waals surface area (Å²) in [5.74, 6) is 1.89. The van der Waals surface area contributed by atoms with E-state index in [0.29, 0.717) is 13.2 Å². The summed E-state index contributed by atoms with van der Waals surface area (Å²) >= 11 is 7.46. The molecule has 0 radical (unpaired) electrons. The Hall–Kier alpha value is -1.08. The van der Waals surface area contributed by atoms with Crippen molar-refractivity contribution in [3.8, 4) is 21.3 Å². The van der Waals surface area contributed by atoms with Crippen molar-refractivity contribution in [3.05, 3.63) is 21.9 Å². The van der Waals surface area contributed by atoms with Gasteiger partial charge in [-0.25, -0.2) is 0 Å². The van der Waals surface area contributed by atoms with Crippen molar-refractivity contribution in [1.29, 1.82) is 0 Å². The molecule has 2 nitrogen and oxygen atoms in total. The van der Waals surface area contributed by atoms with E-state index < -0.39 is 0 Å². The van der Waals surface area contributed by atoms with E-state index in [0.717, 1.165) is 11.5 Å². The molecular formula is C16H12O2S4. The van der Waals surface area contributed by atoms with Crippen LogP contribution in [0.15, 0.2) is 12.1 Å². The largest absolute Gasteiger partial charge is 0.485 e. The van der Waals surface area contributed by atoms with Crippen LogP contribution in [0.3, 0.4) is 0 Å². The van der Waals surface area contributed by atoms with Crippen LogP contribution in [0.4, 0.5) is 0 Å². The van der Waals surface area contributed by atoms with Gasteiger partial charge < -0.3 is 9.47 Å². The number of thiophene rings is 4. The van der Waals surface area contributed by atoms with Crippen LogP contribution in [0, 0.1) is 13.8 Å². The van der Waals surface area contributed by atoms with Crippen molar-refractivity contribution in [2.24, 2.45) is 0 Å². The number of rotatable bonds is 1. The maximum atomic E-state index is 5.89. The predicted molar refractivity (Wildman–Crippen MR) is 98.9 cm³/mol. The minimum atomic E-state index is 0.643. The van der Waals surface area contributed by atoms with Gasteiger partial charge in [0.25, 0.3) is 0 Å². The van der Waals surface area contributed by atoms with Gasteiger partial charge in [-0.2, -0.15) is 0 Å². The molecule has 0 bridgehead atoms. The Labute approximate surface area is 143 Å². The lowest BCUT2D eigenvalue weighted by atomic mass is 10.3. The third kappa shape index (κ3) is 1.81. The first-order valence-electron chi connectivity index (χ1n) is 7.02. The third-order valence-electron chi connectivity index (χ3n) is 3.73. The van der Waals surface area contributed by atoms with Gasteiger partial charge in [-0.3, -0.25) is 0 Å². The molecule has 5 heterocycles. The number of ether oxygens (including phenoxy) is 2. The molecule has 6 heteroatoms. The van der Waals surface area contributed by atoms with E-state index in [1.165, 1.54) is 38.3 Å². The SMILES string of the molecule is Cc1cc2sc3cc(-c4sc(C)c5c4OCCO5)sc3c2s1. The van der Waals surface area contributed by atoms with E-state index in [4.69, 9.17) is 9.47 Å². The molecule has 0 unspecified atom stereocenters. The summed E-state index contributed by atoms with van der Waals surface area (Å²) in [5.41, 5.74) is 0. The summed E-state index contributed by atoms with van der Waals surface area (Å²) in [6.45, 7) is 5.59. The maximum Gasteiger partial charge on any atom is 0.181 e. The second-order valence-electron chi connectivity index (χ2n) is 5.30. The molecule has 0 N–H and O–H groups in total. The molecule has 1 aliphatic heterocycles. The lowest BCUT2D eigenvalue weighted by molar-refractivity contribution is 0.173. The minimum absolute atomic E-state index is 0.643. The highest BCUT2D eigenvalue weighted by molar-refractivity contribution is 7.39. The Morgan fingerprint density at radius 3 is 2.41 bits per heavy atom. The summed E-state index contributed by atoms with van der Waals surface area (Å²) < 4.78 is 17.3. The molecule has 4 aromatic heterocycles. The van der Waals surface area contributed by atoms with Crippen molar-refractivity contribution in [3.63, 3.8) is 0 Å². The second-order valence-corrected chi connectivity index (χ2v) is 9.92. The van der Waals surface area contributed by atoms with E-state index in [-0.39, 0.29) is 0 Å². The molecule has 0 saturated heterocycles. The van der Waals surface area contributed by atoms with Crippen LogP contribution in [-0.4, -0.2) is 13.2 Å².